The molecule has 1 atom stereocenters. The maximum absolute atomic E-state index is 10.6. The van der Waals surface area contributed by atoms with E-state index in [1.54, 1.807) is 0 Å². The van der Waals surface area contributed by atoms with Gasteiger partial charge in [0.05, 0.1) is 11.9 Å². The summed E-state index contributed by atoms with van der Waals surface area (Å²) in [6, 6.07) is 0. The van der Waals surface area contributed by atoms with E-state index in [0.29, 0.717) is 6.61 Å². The monoisotopic (exact) mass is 198 g/mol. The zero-order valence-electron chi connectivity index (χ0n) is 6.12. The van der Waals surface area contributed by atoms with E-state index in [4.69, 9.17) is 15.4 Å². The molecule has 0 spiro atoms. The second-order valence-electron chi connectivity index (χ2n) is 2.69. The smallest absolute Gasteiger partial charge is 0.235 e. The molecule has 0 saturated carbocycles. The summed E-state index contributed by atoms with van der Waals surface area (Å²) >= 11 is 0. The van der Waals surface area contributed by atoms with Gasteiger partial charge in [0, 0.05) is 17.3 Å². The van der Waals surface area contributed by atoms with Crippen molar-refractivity contribution in [1.29, 1.82) is 0 Å². The minimum Gasteiger partial charge on any atom is -0.377 e. The van der Waals surface area contributed by atoms with Gasteiger partial charge in [0.2, 0.25) is 9.05 Å². The summed E-state index contributed by atoms with van der Waals surface area (Å²) < 4.78 is 26.4. The average Bonchev–Trinajstić information content (AvgIpc) is 1.85. The Balaban J connectivity index is 2.36. The fourth-order valence-corrected chi connectivity index (χ4v) is 2.29. The summed E-state index contributed by atoms with van der Waals surface area (Å²) in [6.45, 7) is 0.664. The summed E-state index contributed by atoms with van der Waals surface area (Å²) in [5.41, 5.74) is 0. The molecule has 0 bridgehead atoms. The third kappa shape index (κ3) is 3.94. The second kappa shape index (κ2) is 3.74. The molecule has 3 nitrogen and oxygen atoms in total. The molecule has 5 heteroatoms. The highest BCUT2D eigenvalue weighted by atomic mass is 35.7. The van der Waals surface area contributed by atoms with E-state index in [1.165, 1.54) is 0 Å². The van der Waals surface area contributed by atoms with Crippen LogP contribution in [-0.4, -0.2) is 26.9 Å². The minimum atomic E-state index is -3.38. The van der Waals surface area contributed by atoms with E-state index in [9.17, 15) is 8.42 Å². The Morgan fingerprint density at radius 1 is 1.45 bits per heavy atom. The predicted octanol–water partition coefficient (Wildman–Crippen LogP) is 1.12. The topological polar surface area (TPSA) is 43.4 Å². The highest BCUT2D eigenvalue weighted by Gasteiger charge is 2.19. The van der Waals surface area contributed by atoms with Gasteiger partial charge in [-0.05, 0) is 19.3 Å². The lowest BCUT2D eigenvalue weighted by atomic mass is 10.1. The number of hydrogen-bond acceptors (Lipinski definition) is 3. The third-order valence-electron chi connectivity index (χ3n) is 1.66. The Hall–Kier alpha value is 0.200. The normalized spacial score (nSPS) is 26.8. The van der Waals surface area contributed by atoms with E-state index >= 15 is 0 Å². The molecular formula is C6H11ClO3S. The largest absolute Gasteiger partial charge is 0.377 e. The summed E-state index contributed by atoms with van der Waals surface area (Å²) in [5.74, 6) is -0.0471. The molecule has 66 valence electrons. The Morgan fingerprint density at radius 3 is 2.64 bits per heavy atom. The summed E-state index contributed by atoms with van der Waals surface area (Å²) in [6.07, 6.45) is 2.70. The van der Waals surface area contributed by atoms with Crippen molar-refractivity contribution in [3.8, 4) is 0 Å². The van der Waals surface area contributed by atoms with Crippen molar-refractivity contribution in [3.05, 3.63) is 0 Å². The zero-order chi connectivity index (χ0) is 8.32. The molecule has 0 aromatic heterocycles. The summed E-state index contributed by atoms with van der Waals surface area (Å²) in [4.78, 5) is 0. The van der Waals surface area contributed by atoms with Gasteiger partial charge in [-0.3, -0.25) is 0 Å². The van der Waals surface area contributed by atoms with Crippen LogP contribution in [0.5, 0.6) is 0 Å². The molecule has 0 amide bonds. The molecule has 0 N–H and O–H groups in total. The SMILES string of the molecule is O=S(=O)(Cl)CC1CCCCO1. The molecule has 11 heavy (non-hydrogen) atoms. The predicted molar refractivity (Wildman–Crippen MR) is 43.2 cm³/mol. The highest BCUT2D eigenvalue weighted by Crippen LogP contribution is 2.15. The van der Waals surface area contributed by atoms with E-state index in [1.807, 2.05) is 0 Å². The molecule has 1 heterocycles. The van der Waals surface area contributed by atoms with Gasteiger partial charge >= 0.3 is 0 Å². The van der Waals surface area contributed by atoms with E-state index in [0.717, 1.165) is 19.3 Å². The lowest BCUT2D eigenvalue weighted by molar-refractivity contribution is 0.0307. The van der Waals surface area contributed by atoms with Gasteiger partial charge in [-0.15, -0.1) is 0 Å². The molecule has 1 aliphatic rings. The van der Waals surface area contributed by atoms with Gasteiger partial charge in [-0.25, -0.2) is 8.42 Å². The van der Waals surface area contributed by atoms with Crippen molar-refractivity contribution in [1.82, 2.24) is 0 Å². The van der Waals surface area contributed by atoms with Crippen molar-refractivity contribution in [2.45, 2.75) is 25.4 Å². The number of rotatable bonds is 2. The Labute approximate surface area is 71.1 Å². The standard InChI is InChI=1S/C6H11ClO3S/c7-11(8,9)5-6-3-1-2-4-10-6/h6H,1-5H2. The fourth-order valence-electron chi connectivity index (χ4n) is 1.16. The first kappa shape index (κ1) is 9.29. The molecule has 1 fully saturated rings. The van der Waals surface area contributed by atoms with Crippen LogP contribution in [0.15, 0.2) is 0 Å². The molecule has 0 radical (unpaired) electrons. The van der Waals surface area contributed by atoms with E-state index in [-0.39, 0.29) is 11.9 Å². The van der Waals surface area contributed by atoms with E-state index in [2.05, 4.69) is 0 Å². The third-order valence-corrected chi connectivity index (χ3v) is 2.81. The maximum Gasteiger partial charge on any atom is 0.235 e. The second-order valence-corrected chi connectivity index (χ2v) is 5.52. The van der Waals surface area contributed by atoms with Crippen molar-refractivity contribution >= 4 is 19.7 Å². The van der Waals surface area contributed by atoms with E-state index < -0.39 is 9.05 Å². The fraction of sp³-hybridized carbons (Fsp3) is 1.00. The summed E-state index contributed by atoms with van der Waals surface area (Å²) in [5, 5.41) is 0. The first-order chi connectivity index (χ1) is 5.08. The molecule has 0 aromatic carbocycles. The van der Waals surface area contributed by atoms with Crippen LogP contribution < -0.4 is 0 Å². The van der Waals surface area contributed by atoms with Gasteiger partial charge in [0.25, 0.3) is 0 Å². The quantitative estimate of drug-likeness (QED) is 0.625. The minimum absolute atomic E-state index is 0.0471. The molecule has 1 aliphatic heterocycles. The van der Waals surface area contributed by atoms with Crippen LogP contribution >= 0.6 is 10.7 Å². The molecule has 1 rings (SSSR count). The maximum atomic E-state index is 10.6. The Bertz CT molecular complexity index is 206. The van der Waals surface area contributed by atoms with Crippen LogP contribution in [0.25, 0.3) is 0 Å². The van der Waals surface area contributed by atoms with Gasteiger partial charge < -0.3 is 4.74 Å². The first-order valence-corrected chi connectivity index (χ1v) is 6.10. The van der Waals surface area contributed by atoms with Crippen molar-refractivity contribution in [3.63, 3.8) is 0 Å². The van der Waals surface area contributed by atoms with Crippen molar-refractivity contribution < 1.29 is 13.2 Å². The number of halogens is 1. The van der Waals surface area contributed by atoms with Crippen LogP contribution in [0.4, 0.5) is 0 Å². The number of hydrogen-bond donors (Lipinski definition) is 0. The van der Waals surface area contributed by atoms with Crippen molar-refractivity contribution in [2.24, 2.45) is 0 Å². The van der Waals surface area contributed by atoms with Crippen LogP contribution in [0.2, 0.25) is 0 Å². The highest BCUT2D eigenvalue weighted by molar-refractivity contribution is 8.13. The van der Waals surface area contributed by atoms with Gasteiger partial charge in [0.15, 0.2) is 0 Å². The molecule has 1 unspecified atom stereocenters. The lowest BCUT2D eigenvalue weighted by Gasteiger charge is -2.20. The lowest BCUT2D eigenvalue weighted by Crippen LogP contribution is -2.25. The van der Waals surface area contributed by atoms with Gasteiger partial charge in [-0.1, -0.05) is 0 Å². The molecule has 0 aliphatic carbocycles. The zero-order valence-corrected chi connectivity index (χ0v) is 7.70. The number of ether oxygens (including phenoxy) is 1. The van der Waals surface area contributed by atoms with Crippen molar-refractivity contribution in [2.75, 3.05) is 12.4 Å². The van der Waals surface area contributed by atoms with Gasteiger partial charge in [0.1, 0.15) is 0 Å². The summed E-state index contributed by atoms with van der Waals surface area (Å²) in [7, 11) is 1.68. The Morgan fingerprint density at radius 2 is 2.18 bits per heavy atom. The average molecular weight is 199 g/mol. The first-order valence-electron chi connectivity index (χ1n) is 3.62. The Kier molecular flexibility index (Phi) is 3.16. The molecule has 0 aromatic rings. The van der Waals surface area contributed by atoms with Gasteiger partial charge in [-0.2, -0.15) is 0 Å². The van der Waals surface area contributed by atoms with Crippen LogP contribution in [-0.2, 0) is 13.8 Å². The van der Waals surface area contributed by atoms with Crippen LogP contribution in [0, 0.1) is 0 Å². The van der Waals surface area contributed by atoms with Crippen LogP contribution in [0.1, 0.15) is 19.3 Å². The molecule has 1 saturated heterocycles. The van der Waals surface area contributed by atoms with Crippen LogP contribution in [0.3, 0.4) is 0 Å². The molecular weight excluding hydrogens is 188 g/mol.